The standard InChI is InChI=1S/C28H26N2O5S/c31-27-26(36-28(32)29(27)17-19-7-2-1-3-8-19)16-24-23-12-5-4-10-21(23)13-14-25(24)35-18-20-9-6-11-22(15-20)30(33)34/h4-6,9-16,19H,1-3,7-8,17-18H2/b26-16+. The van der Waals surface area contributed by atoms with E-state index in [1.807, 2.05) is 36.4 Å². The van der Waals surface area contributed by atoms with Gasteiger partial charge in [-0.15, -0.1) is 0 Å². The maximum absolute atomic E-state index is 13.2. The van der Waals surface area contributed by atoms with E-state index in [-0.39, 0.29) is 23.4 Å². The Morgan fingerprint density at radius 1 is 1.03 bits per heavy atom. The molecule has 184 valence electrons. The molecular formula is C28H26N2O5S. The molecule has 1 saturated heterocycles. The number of non-ortho nitro benzene ring substituents is 1. The molecule has 1 saturated carbocycles. The van der Waals surface area contributed by atoms with Gasteiger partial charge in [0.25, 0.3) is 16.8 Å². The number of carbonyl (C=O) groups excluding carboxylic acids is 2. The lowest BCUT2D eigenvalue weighted by Gasteiger charge is -2.25. The average Bonchev–Trinajstić information content (AvgIpc) is 3.16. The lowest BCUT2D eigenvalue weighted by atomic mass is 9.89. The highest BCUT2D eigenvalue weighted by atomic mass is 32.2. The highest BCUT2D eigenvalue weighted by Gasteiger charge is 2.36. The van der Waals surface area contributed by atoms with Gasteiger partial charge in [0.1, 0.15) is 12.4 Å². The molecule has 0 radical (unpaired) electrons. The van der Waals surface area contributed by atoms with Crippen LogP contribution in [0.4, 0.5) is 10.5 Å². The summed E-state index contributed by atoms with van der Waals surface area (Å²) in [5.74, 6) is 0.658. The molecule has 1 aliphatic carbocycles. The number of hydrogen-bond acceptors (Lipinski definition) is 6. The highest BCUT2D eigenvalue weighted by molar-refractivity contribution is 8.18. The minimum absolute atomic E-state index is 0.00137. The van der Waals surface area contributed by atoms with Crippen LogP contribution >= 0.6 is 11.8 Å². The van der Waals surface area contributed by atoms with Crippen molar-refractivity contribution < 1.29 is 19.2 Å². The Bertz CT molecular complexity index is 1360. The summed E-state index contributed by atoms with van der Waals surface area (Å²) in [7, 11) is 0. The van der Waals surface area contributed by atoms with Crippen LogP contribution in [-0.2, 0) is 11.4 Å². The molecular weight excluding hydrogens is 476 g/mol. The number of rotatable bonds is 7. The van der Waals surface area contributed by atoms with E-state index < -0.39 is 4.92 Å². The molecule has 3 aromatic carbocycles. The Hall–Kier alpha value is -3.65. The zero-order valence-corrected chi connectivity index (χ0v) is 20.5. The van der Waals surface area contributed by atoms with E-state index in [0.29, 0.717) is 34.2 Å². The van der Waals surface area contributed by atoms with Gasteiger partial charge in [-0.05, 0) is 59.0 Å². The molecule has 8 heteroatoms. The predicted molar refractivity (Wildman–Crippen MR) is 141 cm³/mol. The van der Waals surface area contributed by atoms with Gasteiger partial charge in [0.2, 0.25) is 0 Å². The smallest absolute Gasteiger partial charge is 0.293 e. The summed E-state index contributed by atoms with van der Waals surface area (Å²) in [6, 6.07) is 17.9. The van der Waals surface area contributed by atoms with Gasteiger partial charge in [-0.2, -0.15) is 0 Å². The fourth-order valence-electron chi connectivity index (χ4n) is 4.89. The van der Waals surface area contributed by atoms with Gasteiger partial charge in [-0.3, -0.25) is 24.6 Å². The van der Waals surface area contributed by atoms with E-state index >= 15 is 0 Å². The number of benzene rings is 3. The van der Waals surface area contributed by atoms with Crippen LogP contribution in [0.3, 0.4) is 0 Å². The number of hydrogen-bond donors (Lipinski definition) is 0. The van der Waals surface area contributed by atoms with E-state index in [2.05, 4.69) is 0 Å². The number of imide groups is 1. The van der Waals surface area contributed by atoms with E-state index in [1.165, 1.54) is 23.5 Å². The zero-order valence-electron chi connectivity index (χ0n) is 19.7. The Kier molecular flexibility index (Phi) is 7.04. The summed E-state index contributed by atoms with van der Waals surface area (Å²) < 4.78 is 6.10. The van der Waals surface area contributed by atoms with Gasteiger partial charge in [-0.25, -0.2) is 0 Å². The van der Waals surface area contributed by atoms with Crippen LogP contribution in [-0.4, -0.2) is 27.5 Å². The van der Waals surface area contributed by atoms with Crippen molar-refractivity contribution in [1.29, 1.82) is 0 Å². The zero-order chi connectivity index (χ0) is 25.1. The first-order chi connectivity index (χ1) is 17.5. The third-order valence-electron chi connectivity index (χ3n) is 6.76. The third-order valence-corrected chi connectivity index (χ3v) is 7.67. The first-order valence-electron chi connectivity index (χ1n) is 12.1. The van der Waals surface area contributed by atoms with E-state index in [4.69, 9.17) is 4.74 Å². The molecule has 0 bridgehead atoms. The van der Waals surface area contributed by atoms with E-state index in [9.17, 15) is 19.7 Å². The SMILES string of the molecule is O=C1S/C(=C/c2c(OCc3cccc([N+](=O)[O-])c3)ccc3ccccc23)C(=O)N1CC1CCCCC1. The van der Waals surface area contributed by atoms with Gasteiger partial charge in [0.15, 0.2) is 0 Å². The summed E-state index contributed by atoms with van der Waals surface area (Å²) in [6.07, 6.45) is 7.38. The van der Waals surface area contributed by atoms with Crippen LogP contribution < -0.4 is 4.74 Å². The maximum atomic E-state index is 13.2. The minimum Gasteiger partial charge on any atom is -0.488 e. The van der Waals surface area contributed by atoms with Gasteiger partial charge < -0.3 is 4.74 Å². The predicted octanol–water partition coefficient (Wildman–Crippen LogP) is 6.94. The Labute approximate surface area is 213 Å². The molecule has 2 aliphatic rings. The van der Waals surface area contributed by atoms with Gasteiger partial charge in [0, 0.05) is 24.2 Å². The molecule has 0 atom stereocenters. The fraction of sp³-hybridized carbons (Fsp3) is 0.286. The van der Waals surface area contributed by atoms with Gasteiger partial charge in [0.05, 0.1) is 9.83 Å². The molecule has 0 spiro atoms. The van der Waals surface area contributed by atoms with Crippen molar-refractivity contribution >= 4 is 45.4 Å². The first-order valence-corrected chi connectivity index (χ1v) is 12.9. The molecule has 1 aliphatic heterocycles. The second-order valence-electron chi connectivity index (χ2n) is 9.21. The summed E-state index contributed by atoms with van der Waals surface area (Å²) >= 11 is 0.970. The number of fused-ring (bicyclic) bond motifs is 1. The lowest BCUT2D eigenvalue weighted by molar-refractivity contribution is -0.384. The highest BCUT2D eigenvalue weighted by Crippen LogP contribution is 2.38. The number of amides is 2. The monoisotopic (exact) mass is 502 g/mol. The topological polar surface area (TPSA) is 89.7 Å². The number of thioether (sulfide) groups is 1. The molecule has 2 amide bonds. The third kappa shape index (κ3) is 5.14. The fourth-order valence-corrected chi connectivity index (χ4v) is 5.72. The molecule has 2 fully saturated rings. The van der Waals surface area contributed by atoms with Crippen LogP contribution in [0, 0.1) is 16.0 Å². The Morgan fingerprint density at radius 3 is 2.64 bits per heavy atom. The van der Waals surface area contributed by atoms with Crippen molar-refractivity contribution in [1.82, 2.24) is 4.90 Å². The first kappa shape index (κ1) is 24.1. The maximum Gasteiger partial charge on any atom is 0.293 e. The van der Waals surface area contributed by atoms with Crippen molar-refractivity contribution in [2.24, 2.45) is 5.92 Å². The number of carbonyl (C=O) groups is 2. The molecule has 0 N–H and O–H groups in total. The van der Waals surface area contributed by atoms with E-state index in [1.54, 1.807) is 18.2 Å². The van der Waals surface area contributed by atoms with Gasteiger partial charge in [-0.1, -0.05) is 61.7 Å². The lowest BCUT2D eigenvalue weighted by Crippen LogP contribution is -2.34. The molecule has 5 rings (SSSR count). The molecule has 0 aromatic heterocycles. The second-order valence-corrected chi connectivity index (χ2v) is 10.2. The number of nitro benzene ring substituents is 1. The molecule has 36 heavy (non-hydrogen) atoms. The largest absolute Gasteiger partial charge is 0.488 e. The molecule has 1 heterocycles. The number of nitrogens with zero attached hydrogens (tertiary/aromatic N) is 2. The van der Waals surface area contributed by atoms with Crippen LogP contribution in [0.2, 0.25) is 0 Å². The molecule has 7 nitrogen and oxygen atoms in total. The quantitative estimate of drug-likeness (QED) is 0.197. The average molecular weight is 503 g/mol. The molecule has 0 unspecified atom stereocenters. The van der Waals surface area contributed by atoms with Gasteiger partial charge >= 0.3 is 0 Å². The van der Waals surface area contributed by atoms with Crippen molar-refractivity contribution in [2.75, 3.05) is 6.54 Å². The summed E-state index contributed by atoms with van der Waals surface area (Å²) in [5.41, 5.74) is 1.37. The van der Waals surface area contributed by atoms with Crippen molar-refractivity contribution in [3.8, 4) is 5.75 Å². The number of ether oxygens (including phenoxy) is 1. The normalized spacial score (nSPS) is 17.8. The van der Waals surface area contributed by atoms with Crippen LogP contribution in [0.15, 0.2) is 65.6 Å². The van der Waals surface area contributed by atoms with Crippen molar-refractivity contribution in [3.63, 3.8) is 0 Å². The van der Waals surface area contributed by atoms with Crippen LogP contribution in [0.25, 0.3) is 16.8 Å². The van der Waals surface area contributed by atoms with Crippen LogP contribution in [0.5, 0.6) is 5.75 Å². The van der Waals surface area contributed by atoms with Crippen molar-refractivity contribution in [3.05, 3.63) is 86.8 Å². The molecule has 3 aromatic rings. The van der Waals surface area contributed by atoms with Crippen LogP contribution in [0.1, 0.15) is 43.2 Å². The Morgan fingerprint density at radius 2 is 1.83 bits per heavy atom. The minimum atomic E-state index is -0.436. The van der Waals surface area contributed by atoms with E-state index in [0.717, 1.165) is 48.2 Å². The summed E-state index contributed by atoms with van der Waals surface area (Å²) in [4.78, 5) is 38.4. The summed E-state index contributed by atoms with van der Waals surface area (Å²) in [5, 5.41) is 12.8. The summed E-state index contributed by atoms with van der Waals surface area (Å²) in [6.45, 7) is 0.609. The van der Waals surface area contributed by atoms with Crippen molar-refractivity contribution in [2.45, 2.75) is 38.7 Å². The Balaban J connectivity index is 1.44. The second kappa shape index (κ2) is 10.5. The number of nitro groups is 1.